The predicted molar refractivity (Wildman–Crippen MR) is 149 cm³/mol. The van der Waals surface area contributed by atoms with Gasteiger partial charge in [0.1, 0.15) is 0 Å². The van der Waals surface area contributed by atoms with Crippen LogP contribution in [0, 0.1) is 0 Å². The first-order valence-electron chi connectivity index (χ1n) is 12.3. The van der Waals surface area contributed by atoms with Crippen LogP contribution in [0.4, 0.5) is 0 Å². The zero-order chi connectivity index (χ0) is 22.9. The van der Waals surface area contributed by atoms with Gasteiger partial charge in [0.15, 0.2) is 0 Å². The van der Waals surface area contributed by atoms with Crippen LogP contribution in [-0.4, -0.2) is 44.0 Å². The molecule has 33 heavy (non-hydrogen) atoms. The summed E-state index contributed by atoms with van der Waals surface area (Å²) in [4.78, 5) is 0. The second-order valence-electron chi connectivity index (χ2n) is 8.59. The van der Waals surface area contributed by atoms with Gasteiger partial charge >= 0.3 is 220 Å². The Morgan fingerprint density at radius 3 is 1.39 bits per heavy atom. The van der Waals surface area contributed by atoms with Crippen molar-refractivity contribution in [2.75, 3.05) is 0 Å². The molecule has 2 heterocycles. The Morgan fingerprint density at radius 2 is 1.00 bits per heavy atom. The standard InChI is InChI=1S/C30H34Se3/c1-3-5-9-19-25-21-27(32-29(25)23-15-11-7-12-16-23)31-28-22-26(20-10-6-4-2)30(33-28)24-17-13-8-14-18-24/h7-8,11-18,21-22H,3-6,9-10,19-20H2,1-2H3. The molecule has 4 aromatic rings. The van der Waals surface area contributed by atoms with Gasteiger partial charge in [-0.3, -0.25) is 0 Å². The molecule has 0 atom stereocenters. The summed E-state index contributed by atoms with van der Waals surface area (Å²) in [5.74, 6) is 0. The van der Waals surface area contributed by atoms with Crippen LogP contribution in [0.2, 0.25) is 0 Å². The molecule has 0 aliphatic rings. The molecular weight excluding hydrogens is 597 g/mol. The van der Waals surface area contributed by atoms with Crippen molar-refractivity contribution in [3.05, 3.63) is 83.9 Å². The number of rotatable bonds is 12. The summed E-state index contributed by atoms with van der Waals surface area (Å²) < 4.78 is 6.80. The second-order valence-corrected chi connectivity index (χ2v) is 17.9. The molecule has 2 aromatic heterocycles. The molecule has 0 aliphatic carbocycles. The van der Waals surface area contributed by atoms with Crippen molar-refractivity contribution in [2.45, 2.75) is 65.2 Å². The fourth-order valence-corrected chi connectivity index (χ4v) is 15.7. The van der Waals surface area contributed by atoms with Gasteiger partial charge in [0.2, 0.25) is 0 Å². The minimum absolute atomic E-state index is 0.484. The molecule has 0 aliphatic heterocycles. The summed E-state index contributed by atoms with van der Waals surface area (Å²) in [6, 6.07) is 27.6. The summed E-state index contributed by atoms with van der Waals surface area (Å²) in [5, 5.41) is 0. The quantitative estimate of drug-likeness (QED) is 0.128. The average Bonchev–Trinajstić information content (AvgIpc) is 3.44. The van der Waals surface area contributed by atoms with E-state index in [-0.39, 0.29) is 0 Å². The molecule has 0 N–H and O–H groups in total. The molecule has 0 nitrogen and oxygen atoms in total. The normalized spacial score (nSPS) is 11.2. The van der Waals surface area contributed by atoms with E-state index in [0.717, 1.165) is 0 Å². The third-order valence-corrected chi connectivity index (χ3v) is 15.2. The van der Waals surface area contributed by atoms with E-state index < -0.39 is 0 Å². The van der Waals surface area contributed by atoms with Gasteiger partial charge in [-0.05, 0) is 0 Å². The van der Waals surface area contributed by atoms with Crippen molar-refractivity contribution in [3.8, 4) is 20.0 Å². The van der Waals surface area contributed by atoms with Crippen LogP contribution in [0.15, 0.2) is 72.8 Å². The molecule has 0 fully saturated rings. The van der Waals surface area contributed by atoms with Gasteiger partial charge in [-0.25, -0.2) is 0 Å². The van der Waals surface area contributed by atoms with E-state index in [0.29, 0.717) is 44.0 Å². The van der Waals surface area contributed by atoms with Gasteiger partial charge in [-0.15, -0.1) is 0 Å². The Kier molecular flexibility index (Phi) is 9.99. The van der Waals surface area contributed by atoms with E-state index >= 15 is 0 Å². The van der Waals surface area contributed by atoms with Crippen molar-refractivity contribution in [2.24, 2.45) is 0 Å². The van der Waals surface area contributed by atoms with Crippen molar-refractivity contribution in [1.29, 1.82) is 0 Å². The van der Waals surface area contributed by atoms with Crippen molar-refractivity contribution in [1.82, 2.24) is 0 Å². The van der Waals surface area contributed by atoms with E-state index in [1.54, 1.807) is 26.7 Å². The Balaban J connectivity index is 1.61. The van der Waals surface area contributed by atoms with Crippen LogP contribution in [0.3, 0.4) is 0 Å². The van der Waals surface area contributed by atoms with Crippen molar-refractivity contribution >= 4 is 50.6 Å². The maximum absolute atomic E-state index is 2.62. The van der Waals surface area contributed by atoms with Crippen LogP contribution in [0.1, 0.15) is 63.5 Å². The van der Waals surface area contributed by atoms with Gasteiger partial charge in [-0.1, -0.05) is 0 Å². The van der Waals surface area contributed by atoms with E-state index in [1.165, 1.54) is 62.5 Å². The minimum atomic E-state index is 0.484. The predicted octanol–water partition coefficient (Wildman–Crippen LogP) is 6.26. The Hall–Kier alpha value is -1.04. The molecule has 0 saturated carbocycles. The first kappa shape index (κ1) is 25.1. The molecule has 0 unspecified atom stereocenters. The zero-order valence-corrected chi connectivity index (χ0v) is 24.9. The van der Waals surface area contributed by atoms with Crippen molar-refractivity contribution in [3.63, 3.8) is 0 Å². The average molecular weight is 631 g/mol. The number of benzene rings is 2. The number of aryl methyl sites for hydroxylation is 2. The molecule has 0 radical (unpaired) electrons. The van der Waals surface area contributed by atoms with Gasteiger partial charge in [-0.2, -0.15) is 0 Å². The summed E-state index contributed by atoms with van der Waals surface area (Å²) in [7, 11) is 0. The van der Waals surface area contributed by atoms with Gasteiger partial charge < -0.3 is 0 Å². The van der Waals surface area contributed by atoms with Crippen LogP contribution in [0.25, 0.3) is 20.0 Å². The summed E-state index contributed by atoms with van der Waals surface area (Å²) in [6.45, 7) is 4.61. The van der Waals surface area contributed by atoms with Gasteiger partial charge in [0, 0.05) is 0 Å². The summed E-state index contributed by atoms with van der Waals surface area (Å²) in [6.07, 6.45) is 10.4. The molecule has 3 heteroatoms. The first-order valence-corrected chi connectivity index (χ1v) is 17.5. The number of unbranched alkanes of at least 4 members (excludes halogenated alkanes) is 4. The van der Waals surface area contributed by atoms with E-state index in [1.807, 2.05) is 0 Å². The van der Waals surface area contributed by atoms with Gasteiger partial charge in [0.05, 0.1) is 0 Å². The number of hydrogen-bond donors (Lipinski definition) is 0. The Labute approximate surface area is 218 Å². The van der Waals surface area contributed by atoms with Crippen molar-refractivity contribution < 1.29 is 0 Å². The molecule has 0 saturated heterocycles. The van der Waals surface area contributed by atoms with E-state index in [4.69, 9.17) is 0 Å². The van der Waals surface area contributed by atoms with Crippen LogP contribution in [0.5, 0.6) is 0 Å². The molecule has 0 bridgehead atoms. The van der Waals surface area contributed by atoms with E-state index in [2.05, 4.69) is 86.6 Å². The second kappa shape index (κ2) is 13.2. The fraction of sp³-hybridized carbons (Fsp3) is 0.333. The maximum atomic E-state index is 2.62. The van der Waals surface area contributed by atoms with Crippen LogP contribution < -0.4 is 6.67 Å². The fourth-order valence-electron chi connectivity index (χ4n) is 4.18. The van der Waals surface area contributed by atoms with Crippen LogP contribution >= 0.6 is 0 Å². The first-order chi connectivity index (χ1) is 16.3. The third-order valence-electron chi connectivity index (χ3n) is 5.95. The Morgan fingerprint density at radius 1 is 0.576 bits per heavy atom. The Bertz CT molecular complexity index is 1020. The molecular formula is C30H34Se3. The molecule has 0 spiro atoms. The molecule has 2 aromatic carbocycles. The monoisotopic (exact) mass is 634 g/mol. The summed E-state index contributed by atoms with van der Waals surface area (Å²) in [5.41, 5.74) is 6.19. The van der Waals surface area contributed by atoms with Gasteiger partial charge in [0.25, 0.3) is 0 Å². The third kappa shape index (κ3) is 6.99. The summed E-state index contributed by atoms with van der Waals surface area (Å²) >= 11 is 1.47. The molecule has 172 valence electrons. The molecule has 4 rings (SSSR count). The topological polar surface area (TPSA) is 0 Å². The zero-order valence-electron chi connectivity index (χ0n) is 19.8. The van der Waals surface area contributed by atoms with Crippen LogP contribution in [-0.2, 0) is 12.8 Å². The SMILES string of the molecule is CCCCCc1cc([Se]c2cc(CCCCC)c(-c3ccccc3)[se]2)[se]c1-c1ccccc1. The number of hydrogen-bond acceptors (Lipinski definition) is 0. The molecule has 0 amide bonds. The van der Waals surface area contributed by atoms with E-state index in [9.17, 15) is 0 Å².